The minimum atomic E-state index is -0.407. The van der Waals surface area contributed by atoms with Gasteiger partial charge in [0.1, 0.15) is 12.1 Å². The van der Waals surface area contributed by atoms with Crippen molar-refractivity contribution in [1.82, 2.24) is 4.98 Å². The first-order valence-corrected chi connectivity index (χ1v) is 5.10. The van der Waals surface area contributed by atoms with E-state index in [1.54, 1.807) is 18.2 Å². The fraction of sp³-hybridized carbons (Fsp3) is 0. The quantitative estimate of drug-likeness (QED) is 0.686. The average molecular weight is 229 g/mol. The van der Waals surface area contributed by atoms with Crippen LogP contribution in [-0.2, 0) is 0 Å². The van der Waals surface area contributed by atoms with Gasteiger partial charge < -0.3 is 9.40 Å². The molecule has 0 atom stereocenters. The van der Waals surface area contributed by atoms with Gasteiger partial charge in [-0.05, 0) is 18.2 Å². The molecule has 0 saturated heterocycles. The summed E-state index contributed by atoms with van der Waals surface area (Å²) in [5, 5.41) is 0.318. The number of benzene rings is 1. The lowest BCUT2D eigenvalue weighted by atomic mass is 10.1. The van der Waals surface area contributed by atoms with Crippen molar-refractivity contribution in [3.63, 3.8) is 0 Å². The van der Waals surface area contributed by atoms with Gasteiger partial charge in [0.15, 0.2) is 5.78 Å². The first-order chi connectivity index (χ1) is 8.27. The molecule has 0 unspecified atom stereocenters. The lowest BCUT2D eigenvalue weighted by molar-refractivity contribution is 0.103. The smallest absolute Gasteiger partial charge is 0.198 e. The van der Waals surface area contributed by atoms with Crippen LogP contribution in [0.5, 0.6) is 0 Å². The summed E-state index contributed by atoms with van der Waals surface area (Å²) >= 11 is 0. The summed E-state index contributed by atoms with van der Waals surface area (Å²) in [4.78, 5) is 15.0. The van der Waals surface area contributed by atoms with Crippen molar-refractivity contribution < 1.29 is 13.6 Å². The van der Waals surface area contributed by atoms with Crippen molar-refractivity contribution >= 4 is 16.7 Å². The first kappa shape index (κ1) is 9.84. The number of rotatable bonds is 2. The molecule has 0 amide bonds. The van der Waals surface area contributed by atoms with Crippen LogP contribution >= 0.6 is 0 Å². The fourth-order valence-corrected chi connectivity index (χ4v) is 1.87. The van der Waals surface area contributed by atoms with Crippen molar-refractivity contribution in [3.05, 3.63) is 59.9 Å². The van der Waals surface area contributed by atoms with Crippen molar-refractivity contribution in [2.75, 3.05) is 0 Å². The normalized spacial score (nSPS) is 10.9. The fourth-order valence-electron chi connectivity index (χ4n) is 1.87. The maximum atomic E-state index is 13.7. The standard InChI is InChI=1S/C13H8FNO2/c14-10-2-1-3-11-12(10)9(6-15-11)13(16)8-4-5-17-7-8/h1-7,15H. The Labute approximate surface area is 95.9 Å². The van der Waals surface area contributed by atoms with Gasteiger partial charge >= 0.3 is 0 Å². The second-order valence-electron chi connectivity index (χ2n) is 3.71. The van der Waals surface area contributed by atoms with E-state index in [0.717, 1.165) is 0 Å². The van der Waals surface area contributed by atoms with Gasteiger partial charge in [-0.2, -0.15) is 0 Å². The molecule has 0 spiro atoms. The molecule has 2 aromatic heterocycles. The SMILES string of the molecule is O=C(c1ccoc1)c1c[nH]c2cccc(F)c12. The number of carbonyl (C=O) groups is 1. The molecular formula is C13H8FNO2. The van der Waals surface area contributed by atoms with Crippen LogP contribution in [0.2, 0.25) is 0 Å². The Morgan fingerprint density at radius 3 is 2.94 bits per heavy atom. The Kier molecular flexibility index (Phi) is 2.08. The molecule has 1 aromatic carbocycles. The number of hydrogen-bond donors (Lipinski definition) is 1. The lowest BCUT2D eigenvalue weighted by Crippen LogP contribution is -1.98. The highest BCUT2D eigenvalue weighted by Gasteiger charge is 2.17. The van der Waals surface area contributed by atoms with E-state index in [2.05, 4.69) is 4.98 Å². The van der Waals surface area contributed by atoms with Crippen LogP contribution < -0.4 is 0 Å². The average Bonchev–Trinajstić information content (AvgIpc) is 2.98. The molecule has 0 fully saturated rings. The second-order valence-corrected chi connectivity index (χ2v) is 3.71. The molecule has 0 radical (unpaired) electrons. The number of hydrogen-bond acceptors (Lipinski definition) is 2. The highest BCUT2D eigenvalue weighted by atomic mass is 19.1. The summed E-state index contributed by atoms with van der Waals surface area (Å²) in [6, 6.07) is 6.22. The van der Waals surface area contributed by atoms with Crippen LogP contribution in [0.15, 0.2) is 47.4 Å². The molecule has 84 valence electrons. The Morgan fingerprint density at radius 2 is 2.18 bits per heavy atom. The maximum absolute atomic E-state index is 13.7. The van der Waals surface area contributed by atoms with E-state index >= 15 is 0 Å². The van der Waals surface area contributed by atoms with Gasteiger partial charge in [0.25, 0.3) is 0 Å². The molecule has 1 N–H and O–H groups in total. The number of aromatic amines is 1. The van der Waals surface area contributed by atoms with Crippen LogP contribution in [0.1, 0.15) is 15.9 Å². The predicted octanol–water partition coefficient (Wildman–Crippen LogP) is 3.13. The molecule has 0 saturated carbocycles. The number of halogens is 1. The number of H-pyrrole nitrogens is 1. The van der Waals surface area contributed by atoms with Gasteiger partial charge in [0.05, 0.1) is 17.4 Å². The molecule has 2 heterocycles. The second kappa shape index (κ2) is 3.59. The zero-order valence-corrected chi connectivity index (χ0v) is 8.74. The van der Waals surface area contributed by atoms with E-state index in [1.165, 1.54) is 24.8 Å². The molecule has 0 aliphatic carbocycles. The molecular weight excluding hydrogens is 221 g/mol. The van der Waals surface area contributed by atoms with Crippen LogP contribution in [0.4, 0.5) is 4.39 Å². The summed E-state index contributed by atoms with van der Waals surface area (Å²) < 4.78 is 18.5. The van der Waals surface area contributed by atoms with Crippen LogP contribution in [0.3, 0.4) is 0 Å². The maximum Gasteiger partial charge on any atom is 0.198 e. The summed E-state index contributed by atoms with van der Waals surface area (Å²) in [5.41, 5.74) is 1.34. The third-order valence-corrected chi connectivity index (χ3v) is 2.68. The zero-order valence-electron chi connectivity index (χ0n) is 8.74. The van der Waals surface area contributed by atoms with Gasteiger partial charge in [-0.3, -0.25) is 4.79 Å². The monoisotopic (exact) mass is 229 g/mol. The van der Waals surface area contributed by atoms with Gasteiger partial charge in [0.2, 0.25) is 0 Å². The van der Waals surface area contributed by atoms with E-state index in [9.17, 15) is 9.18 Å². The largest absolute Gasteiger partial charge is 0.472 e. The number of ketones is 1. The number of fused-ring (bicyclic) bond motifs is 1. The molecule has 3 aromatic rings. The zero-order chi connectivity index (χ0) is 11.8. The van der Waals surface area contributed by atoms with Crippen molar-refractivity contribution in [2.24, 2.45) is 0 Å². The van der Waals surface area contributed by atoms with E-state index in [0.29, 0.717) is 22.0 Å². The summed E-state index contributed by atoms with van der Waals surface area (Å²) in [6.07, 6.45) is 4.28. The van der Waals surface area contributed by atoms with E-state index in [-0.39, 0.29) is 5.78 Å². The third kappa shape index (κ3) is 1.45. The van der Waals surface area contributed by atoms with Gasteiger partial charge in [0, 0.05) is 17.1 Å². The third-order valence-electron chi connectivity index (χ3n) is 2.68. The minimum absolute atomic E-state index is 0.255. The highest BCUT2D eigenvalue weighted by molar-refractivity contribution is 6.16. The molecule has 17 heavy (non-hydrogen) atoms. The van der Waals surface area contributed by atoms with Crippen molar-refractivity contribution in [2.45, 2.75) is 0 Å². The molecule has 4 heteroatoms. The number of aromatic nitrogens is 1. The van der Waals surface area contributed by atoms with Gasteiger partial charge in [-0.25, -0.2) is 4.39 Å². The Hall–Kier alpha value is -2.36. The minimum Gasteiger partial charge on any atom is -0.472 e. The van der Waals surface area contributed by atoms with Gasteiger partial charge in [-0.15, -0.1) is 0 Å². The molecule has 0 bridgehead atoms. The van der Waals surface area contributed by atoms with Crippen molar-refractivity contribution in [1.29, 1.82) is 0 Å². The Balaban J connectivity index is 2.22. The summed E-state index contributed by atoms with van der Waals surface area (Å²) in [7, 11) is 0. The topological polar surface area (TPSA) is 46.0 Å². The molecule has 0 aliphatic rings. The van der Waals surface area contributed by atoms with Crippen LogP contribution in [0.25, 0.3) is 10.9 Å². The number of furan rings is 1. The van der Waals surface area contributed by atoms with E-state index in [4.69, 9.17) is 4.42 Å². The van der Waals surface area contributed by atoms with Crippen molar-refractivity contribution in [3.8, 4) is 0 Å². The summed E-state index contributed by atoms with van der Waals surface area (Å²) in [6.45, 7) is 0. The highest BCUT2D eigenvalue weighted by Crippen LogP contribution is 2.23. The summed E-state index contributed by atoms with van der Waals surface area (Å²) in [5.74, 6) is -0.661. The van der Waals surface area contributed by atoms with Crippen LogP contribution in [-0.4, -0.2) is 10.8 Å². The molecule has 3 nitrogen and oxygen atoms in total. The van der Waals surface area contributed by atoms with E-state index in [1.807, 2.05) is 0 Å². The Morgan fingerprint density at radius 1 is 1.29 bits per heavy atom. The Bertz CT molecular complexity index is 683. The predicted molar refractivity (Wildman–Crippen MR) is 60.4 cm³/mol. The lowest BCUT2D eigenvalue weighted by Gasteiger charge is -1.97. The van der Waals surface area contributed by atoms with E-state index < -0.39 is 5.82 Å². The first-order valence-electron chi connectivity index (χ1n) is 5.10. The number of carbonyl (C=O) groups excluding carboxylic acids is 1. The molecule has 0 aliphatic heterocycles. The van der Waals surface area contributed by atoms with Gasteiger partial charge in [-0.1, -0.05) is 6.07 Å². The molecule has 3 rings (SSSR count). The van der Waals surface area contributed by atoms with Crippen LogP contribution in [0, 0.1) is 5.82 Å². The number of nitrogens with one attached hydrogen (secondary N) is 1.